The Kier molecular flexibility index (Phi) is 8.71. The highest BCUT2D eigenvalue weighted by molar-refractivity contribution is 5.86. The molecule has 0 spiro atoms. The van der Waals surface area contributed by atoms with Gasteiger partial charge < -0.3 is 15.7 Å². The molecule has 5 nitrogen and oxygen atoms in total. The largest absolute Gasteiger partial charge is 0.503 e. The number of halogens is 2. The van der Waals surface area contributed by atoms with Gasteiger partial charge in [-0.2, -0.15) is 0 Å². The van der Waals surface area contributed by atoms with Crippen molar-refractivity contribution < 1.29 is 23.5 Å². The van der Waals surface area contributed by atoms with Crippen LogP contribution in [0.1, 0.15) is 35.6 Å². The summed E-state index contributed by atoms with van der Waals surface area (Å²) in [5.74, 6) is -4.45. The van der Waals surface area contributed by atoms with Gasteiger partial charge in [0.25, 0.3) is 0 Å². The Morgan fingerprint density at radius 3 is 1.67 bits per heavy atom. The Hall–Kier alpha value is -4.52. The summed E-state index contributed by atoms with van der Waals surface area (Å²) in [4.78, 5) is 26.3. The van der Waals surface area contributed by atoms with E-state index in [0.717, 1.165) is 28.8 Å². The zero-order valence-electron chi connectivity index (χ0n) is 21.5. The molecule has 0 aromatic heterocycles. The monoisotopic (exact) mass is 528 g/mol. The number of amides is 2. The minimum absolute atomic E-state index is 0.0669. The number of rotatable bonds is 10. The molecule has 200 valence electrons. The van der Waals surface area contributed by atoms with E-state index in [1.165, 1.54) is 0 Å². The highest BCUT2D eigenvalue weighted by Gasteiger charge is 2.38. The molecule has 0 aliphatic heterocycles. The molecular formula is C32H30F2N2O3. The van der Waals surface area contributed by atoms with Crippen molar-refractivity contribution in [3.8, 4) is 5.75 Å². The zero-order chi connectivity index (χ0) is 27.8. The van der Waals surface area contributed by atoms with Crippen molar-refractivity contribution in [3.63, 3.8) is 0 Å². The first-order valence-electron chi connectivity index (χ1n) is 12.7. The maximum Gasteiger partial charge on any atom is 0.223 e. The van der Waals surface area contributed by atoms with E-state index in [2.05, 4.69) is 10.6 Å². The fraction of sp³-hybridized carbons (Fsp3) is 0.188. The van der Waals surface area contributed by atoms with Crippen molar-refractivity contribution in [2.75, 3.05) is 6.54 Å². The van der Waals surface area contributed by atoms with Crippen molar-refractivity contribution in [3.05, 3.63) is 137 Å². The second-order valence-corrected chi connectivity index (χ2v) is 9.45. The van der Waals surface area contributed by atoms with E-state index in [0.29, 0.717) is 5.56 Å². The van der Waals surface area contributed by atoms with E-state index in [-0.39, 0.29) is 31.2 Å². The van der Waals surface area contributed by atoms with Gasteiger partial charge in [-0.05, 0) is 40.8 Å². The van der Waals surface area contributed by atoms with Crippen LogP contribution in [0.4, 0.5) is 8.78 Å². The van der Waals surface area contributed by atoms with Gasteiger partial charge in [0.1, 0.15) is 5.54 Å². The van der Waals surface area contributed by atoms with Crippen molar-refractivity contribution in [1.29, 1.82) is 0 Å². The fourth-order valence-electron chi connectivity index (χ4n) is 4.68. The van der Waals surface area contributed by atoms with Gasteiger partial charge in [0, 0.05) is 18.9 Å². The van der Waals surface area contributed by atoms with Gasteiger partial charge in [0.05, 0.1) is 0 Å². The topological polar surface area (TPSA) is 78.4 Å². The van der Waals surface area contributed by atoms with E-state index >= 15 is 0 Å². The summed E-state index contributed by atoms with van der Waals surface area (Å²) in [5, 5.41) is 15.2. The highest BCUT2D eigenvalue weighted by atomic mass is 19.1. The number of carbonyl (C=O) groups is 2. The van der Waals surface area contributed by atoms with Crippen LogP contribution in [0, 0.1) is 17.6 Å². The zero-order valence-corrected chi connectivity index (χ0v) is 21.5. The third-order valence-corrected chi connectivity index (χ3v) is 6.68. The van der Waals surface area contributed by atoms with Crippen LogP contribution in [0.5, 0.6) is 5.75 Å². The van der Waals surface area contributed by atoms with Gasteiger partial charge in [-0.15, -0.1) is 0 Å². The number of aromatic hydroxyl groups is 1. The average molecular weight is 529 g/mol. The molecule has 7 heteroatoms. The molecule has 1 atom stereocenters. The molecular weight excluding hydrogens is 498 g/mol. The lowest BCUT2D eigenvalue weighted by atomic mass is 9.76. The van der Waals surface area contributed by atoms with E-state index in [9.17, 15) is 23.5 Å². The summed E-state index contributed by atoms with van der Waals surface area (Å²) in [6.45, 7) is 1.78. The van der Waals surface area contributed by atoms with Gasteiger partial charge in [0.2, 0.25) is 11.8 Å². The van der Waals surface area contributed by atoms with Crippen LogP contribution in [-0.2, 0) is 21.5 Å². The SMILES string of the molecule is C[C@H](CC(=O)NC(c1ccccc1)(c1ccccc1)c1ccccc1)C(=O)NCCc1cc(F)c(O)c(F)c1. The summed E-state index contributed by atoms with van der Waals surface area (Å²) in [6.07, 6.45) is 0.0977. The first-order chi connectivity index (χ1) is 18.8. The summed E-state index contributed by atoms with van der Waals surface area (Å²) in [7, 11) is 0. The predicted molar refractivity (Wildman–Crippen MR) is 146 cm³/mol. The predicted octanol–water partition coefficient (Wildman–Crippen LogP) is 5.46. The first-order valence-corrected chi connectivity index (χ1v) is 12.7. The molecule has 4 aromatic rings. The molecule has 0 radical (unpaired) electrons. The molecule has 0 saturated heterocycles. The van der Waals surface area contributed by atoms with Crippen LogP contribution in [0.3, 0.4) is 0 Å². The smallest absolute Gasteiger partial charge is 0.223 e. The minimum Gasteiger partial charge on any atom is -0.503 e. The summed E-state index contributed by atoms with van der Waals surface area (Å²) in [5.41, 5.74) is 1.94. The van der Waals surface area contributed by atoms with E-state index in [1.807, 2.05) is 91.0 Å². The Balaban J connectivity index is 1.50. The van der Waals surface area contributed by atoms with Crippen LogP contribution in [0.2, 0.25) is 0 Å². The van der Waals surface area contributed by atoms with Gasteiger partial charge >= 0.3 is 0 Å². The molecule has 39 heavy (non-hydrogen) atoms. The highest BCUT2D eigenvalue weighted by Crippen LogP contribution is 2.37. The Labute approximate surface area is 226 Å². The quantitative estimate of drug-likeness (QED) is 0.239. The average Bonchev–Trinajstić information content (AvgIpc) is 2.96. The van der Waals surface area contributed by atoms with Crippen LogP contribution in [-0.4, -0.2) is 23.5 Å². The number of phenols is 1. The third kappa shape index (κ3) is 6.32. The van der Waals surface area contributed by atoms with Crippen LogP contribution in [0.15, 0.2) is 103 Å². The maximum atomic E-state index is 13.6. The molecule has 0 fully saturated rings. The Bertz CT molecular complexity index is 1290. The van der Waals surface area contributed by atoms with Crippen LogP contribution < -0.4 is 10.6 Å². The second-order valence-electron chi connectivity index (χ2n) is 9.45. The molecule has 4 aromatic carbocycles. The molecule has 0 heterocycles. The molecule has 3 N–H and O–H groups in total. The van der Waals surface area contributed by atoms with Crippen LogP contribution >= 0.6 is 0 Å². The number of carbonyl (C=O) groups excluding carboxylic acids is 2. The number of hydrogen-bond acceptors (Lipinski definition) is 3. The molecule has 2 amide bonds. The number of hydrogen-bond donors (Lipinski definition) is 3. The second kappa shape index (κ2) is 12.3. The van der Waals surface area contributed by atoms with Gasteiger partial charge in [-0.25, -0.2) is 8.78 Å². The normalized spacial score (nSPS) is 12.0. The van der Waals surface area contributed by atoms with Crippen molar-refractivity contribution >= 4 is 11.8 Å². The number of nitrogens with one attached hydrogen (secondary N) is 2. The molecule has 0 aliphatic rings. The van der Waals surface area contributed by atoms with Gasteiger partial charge in [-0.3, -0.25) is 9.59 Å². The van der Waals surface area contributed by atoms with Crippen molar-refractivity contribution in [1.82, 2.24) is 10.6 Å². The Morgan fingerprint density at radius 2 is 1.23 bits per heavy atom. The van der Waals surface area contributed by atoms with Crippen molar-refractivity contribution in [2.24, 2.45) is 5.92 Å². The molecule has 0 aliphatic carbocycles. The van der Waals surface area contributed by atoms with E-state index < -0.39 is 28.8 Å². The maximum absolute atomic E-state index is 13.6. The lowest BCUT2D eigenvalue weighted by Gasteiger charge is -2.37. The molecule has 4 rings (SSSR count). The number of benzene rings is 4. The number of phenolic OH excluding ortho intramolecular Hbond substituents is 1. The summed E-state index contributed by atoms with van der Waals surface area (Å²) in [6, 6.07) is 31.1. The summed E-state index contributed by atoms with van der Waals surface area (Å²) < 4.78 is 27.2. The van der Waals surface area contributed by atoms with E-state index in [4.69, 9.17) is 0 Å². The minimum atomic E-state index is -1.06. The van der Waals surface area contributed by atoms with E-state index in [1.54, 1.807) is 6.92 Å². The Morgan fingerprint density at radius 1 is 0.795 bits per heavy atom. The van der Waals surface area contributed by atoms with Gasteiger partial charge in [-0.1, -0.05) is 97.9 Å². The lowest BCUT2D eigenvalue weighted by molar-refractivity contribution is -0.130. The fourth-order valence-corrected chi connectivity index (χ4v) is 4.68. The summed E-state index contributed by atoms with van der Waals surface area (Å²) >= 11 is 0. The molecule has 0 saturated carbocycles. The van der Waals surface area contributed by atoms with Gasteiger partial charge in [0.15, 0.2) is 17.4 Å². The lowest BCUT2D eigenvalue weighted by Crippen LogP contribution is -2.48. The van der Waals surface area contributed by atoms with Crippen LogP contribution in [0.25, 0.3) is 0 Å². The first kappa shape index (κ1) is 27.5. The standard InChI is InChI=1S/C32H30F2N2O3/c1-22(31(39)35-18-17-23-20-27(33)30(38)28(34)21-23)19-29(37)36-32(24-11-5-2-6-12-24,25-13-7-3-8-14-25)26-15-9-4-10-16-26/h2-16,20-22,38H,17-19H2,1H3,(H,35,39)(H,36,37)/t22-/m1/s1. The molecule has 0 bridgehead atoms. The van der Waals surface area contributed by atoms with Crippen molar-refractivity contribution in [2.45, 2.75) is 25.3 Å². The third-order valence-electron chi connectivity index (χ3n) is 6.68. The molecule has 0 unspecified atom stereocenters.